The van der Waals surface area contributed by atoms with Crippen LogP contribution in [0.3, 0.4) is 0 Å². The Bertz CT molecular complexity index is 1200. The molecule has 0 saturated carbocycles. The highest BCUT2D eigenvalue weighted by atomic mass is 79.9. The number of rotatable bonds is 6. The third-order valence-corrected chi connectivity index (χ3v) is 5.11. The number of hydrazone groups is 1. The maximum atomic E-state index is 12.6. The number of amides is 1. The van der Waals surface area contributed by atoms with Crippen LogP contribution in [-0.2, 0) is 6.61 Å². The van der Waals surface area contributed by atoms with Crippen LogP contribution in [0.2, 0.25) is 0 Å². The van der Waals surface area contributed by atoms with Crippen molar-refractivity contribution in [2.24, 2.45) is 5.10 Å². The maximum absolute atomic E-state index is 12.6. The Balaban J connectivity index is 1.49. The summed E-state index contributed by atoms with van der Waals surface area (Å²) in [5.41, 5.74) is 5.04. The third-order valence-electron chi connectivity index (χ3n) is 4.61. The van der Waals surface area contributed by atoms with Gasteiger partial charge in [-0.25, -0.2) is 5.43 Å². The molecule has 4 rings (SSSR count). The van der Waals surface area contributed by atoms with Gasteiger partial charge in [-0.1, -0.05) is 82.7 Å². The Morgan fingerprint density at radius 2 is 1.70 bits per heavy atom. The van der Waals surface area contributed by atoms with Crippen LogP contribution in [0, 0.1) is 0 Å². The van der Waals surface area contributed by atoms with Gasteiger partial charge in [-0.3, -0.25) is 4.79 Å². The SMILES string of the molecule is O=C(N/N=C\c1cc(Br)ccc1OCc1ccccc1)c1cccc2ccccc12. The molecule has 0 spiro atoms. The van der Waals surface area contributed by atoms with E-state index in [0.29, 0.717) is 17.9 Å². The molecular weight excluding hydrogens is 440 g/mol. The van der Waals surface area contributed by atoms with Gasteiger partial charge in [-0.2, -0.15) is 5.10 Å². The summed E-state index contributed by atoms with van der Waals surface area (Å²) < 4.78 is 6.85. The standard InChI is InChI=1S/C25H19BrN2O2/c26-21-13-14-24(30-17-18-7-2-1-3-8-18)20(15-21)16-27-28-25(29)23-12-6-10-19-9-4-5-11-22(19)23/h1-16H,17H2,(H,28,29)/b27-16-. The van der Waals surface area contributed by atoms with Crippen molar-refractivity contribution in [1.29, 1.82) is 0 Å². The lowest BCUT2D eigenvalue weighted by Crippen LogP contribution is -2.18. The normalized spacial score (nSPS) is 11.0. The zero-order valence-electron chi connectivity index (χ0n) is 16.1. The molecule has 0 radical (unpaired) electrons. The van der Waals surface area contributed by atoms with Crippen molar-refractivity contribution < 1.29 is 9.53 Å². The van der Waals surface area contributed by atoms with Crippen molar-refractivity contribution in [3.63, 3.8) is 0 Å². The van der Waals surface area contributed by atoms with Gasteiger partial charge in [0.1, 0.15) is 12.4 Å². The van der Waals surface area contributed by atoms with Crippen molar-refractivity contribution >= 4 is 38.8 Å². The predicted molar refractivity (Wildman–Crippen MR) is 124 cm³/mol. The van der Waals surface area contributed by atoms with E-state index >= 15 is 0 Å². The summed E-state index contributed by atoms with van der Waals surface area (Å²) in [5.74, 6) is 0.426. The van der Waals surface area contributed by atoms with E-state index in [1.165, 1.54) is 0 Å². The van der Waals surface area contributed by atoms with Gasteiger partial charge in [0.2, 0.25) is 0 Å². The summed E-state index contributed by atoms with van der Waals surface area (Å²) in [5, 5.41) is 6.06. The van der Waals surface area contributed by atoms with Crippen LogP contribution in [0.15, 0.2) is 101 Å². The highest BCUT2D eigenvalue weighted by Crippen LogP contribution is 2.23. The molecule has 4 aromatic rings. The number of nitrogens with one attached hydrogen (secondary N) is 1. The Morgan fingerprint density at radius 3 is 2.57 bits per heavy atom. The molecule has 148 valence electrons. The number of halogens is 1. The number of hydrogen-bond donors (Lipinski definition) is 1. The summed E-state index contributed by atoms with van der Waals surface area (Å²) in [6, 6.07) is 29.0. The first kappa shape index (κ1) is 19.9. The highest BCUT2D eigenvalue weighted by Gasteiger charge is 2.09. The number of nitrogens with zero attached hydrogens (tertiary/aromatic N) is 1. The topological polar surface area (TPSA) is 50.7 Å². The minimum Gasteiger partial charge on any atom is -0.488 e. The Kier molecular flexibility index (Phi) is 6.20. The van der Waals surface area contributed by atoms with Gasteiger partial charge in [0.15, 0.2) is 0 Å². The fraction of sp³-hybridized carbons (Fsp3) is 0.0400. The second-order valence-electron chi connectivity index (χ2n) is 6.68. The molecule has 0 aliphatic rings. The van der Waals surface area contributed by atoms with Crippen LogP contribution >= 0.6 is 15.9 Å². The van der Waals surface area contributed by atoms with E-state index in [9.17, 15) is 4.79 Å². The monoisotopic (exact) mass is 458 g/mol. The molecule has 0 aliphatic heterocycles. The molecule has 0 saturated heterocycles. The van der Waals surface area contributed by atoms with E-state index in [1.54, 1.807) is 12.3 Å². The lowest BCUT2D eigenvalue weighted by atomic mass is 10.0. The molecule has 0 atom stereocenters. The first-order valence-electron chi connectivity index (χ1n) is 9.48. The molecule has 0 fully saturated rings. The third kappa shape index (κ3) is 4.75. The number of ether oxygens (including phenoxy) is 1. The fourth-order valence-electron chi connectivity index (χ4n) is 3.13. The molecule has 4 nitrogen and oxygen atoms in total. The quantitative estimate of drug-likeness (QED) is 0.286. The summed E-state index contributed by atoms with van der Waals surface area (Å²) in [6.07, 6.45) is 1.59. The van der Waals surface area contributed by atoms with Crippen molar-refractivity contribution in [3.8, 4) is 5.75 Å². The number of benzene rings is 4. The van der Waals surface area contributed by atoms with Crippen LogP contribution in [0.25, 0.3) is 10.8 Å². The Hall–Kier alpha value is -3.44. The first-order chi connectivity index (χ1) is 14.7. The molecule has 0 aliphatic carbocycles. The van der Waals surface area contributed by atoms with E-state index in [1.807, 2.05) is 84.9 Å². The number of fused-ring (bicyclic) bond motifs is 1. The zero-order chi connectivity index (χ0) is 20.8. The molecule has 5 heteroatoms. The van der Waals surface area contributed by atoms with E-state index < -0.39 is 0 Å². The fourth-order valence-corrected chi connectivity index (χ4v) is 3.51. The summed E-state index contributed by atoms with van der Waals surface area (Å²) in [7, 11) is 0. The molecule has 4 aromatic carbocycles. The van der Waals surface area contributed by atoms with Crippen LogP contribution in [0.5, 0.6) is 5.75 Å². The zero-order valence-corrected chi connectivity index (χ0v) is 17.7. The molecule has 1 amide bonds. The van der Waals surface area contributed by atoms with E-state index in [-0.39, 0.29) is 5.91 Å². The molecule has 0 unspecified atom stereocenters. The summed E-state index contributed by atoms with van der Waals surface area (Å²) in [6.45, 7) is 0.450. The number of hydrogen-bond acceptors (Lipinski definition) is 3. The van der Waals surface area contributed by atoms with Crippen molar-refractivity contribution in [2.45, 2.75) is 6.61 Å². The second kappa shape index (κ2) is 9.37. The van der Waals surface area contributed by atoms with Gasteiger partial charge >= 0.3 is 0 Å². The summed E-state index contributed by atoms with van der Waals surface area (Å²) >= 11 is 3.47. The van der Waals surface area contributed by atoms with E-state index in [0.717, 1.165) is 26.4 Å². The smallest absolute Gasteiger partial charge is 0.271 e. The molecule has 0 aromatic heterocycles. The number of carbonyl (C=O) groups is 1. The molecule has 0 bridgehead atoms. The Labute approximate surface area is 183 Å². The van der Waals surface area contributed by atoms with Crippen LogP contribution < -0.4 is 10.2 Å². The van der Waals surface area contributed by atoms with E-state index in [2.05, 4.69) is 26.5 Å². The Morgan fingerprint density at radius 1 is 0.933 bits per heavy atom. The highest BCUT2D eigenvalue weighted by molar-refractivity contribution is 9.10. The summed E-state index contributed by atoms with van der Waals surface area (Å²) in [4.78, 5) is 12.6. The number of carbonyl (C=O) groups excluding carboxylic acids is 1. The molecule has 1 N–H and O–H groups in total. The largest absolute Gasteiger partial charge is 0.488 e. The maximum Gasteiger partial charge on any atom is 0.271 e. The lowest BCUT2D eigenvalue weighted by Gasteiger charge is -2.10. The minimum atomic E-state index is -0.259. The molecule has 30 heavy (non-hydrogen) atoms. The van der Waals surface area contributed by atoms with Gasteiger partial charge in [0.25, 0.3) is 5.91 Å². The first-order valence-corrected chi connectivity index (χ1v) is 10.3. The van der Waals surface area contributed by atoms with Crippen LogP contribution in [0.4, 0.5) is 0 Å². The average Bonchev–Trinajstić information content (AvgIpc) is 2.79. The molecule has 0 heterocycles. The van der Waals surface area contributed by atoms with Gasteiger partial charge in [0.05, 0.1) is 6.21 Å². The predicted octanol–water partition coefficient (Wildman–Crippen LogP) is 5.95. The van der Waals surface area contributed by atoms with E-state index in [4.69, 9.17) is 4.74 Å². The van der Waals surface area contributed by atoms with Crippen molar-refractivity contribution in [1.82, 2.24) is 5.43 Å². The van der Waals surface area contributed by atoms with Gasteiger partial charge in [-0.15, -0.1) is 0 Å². The average molecular weight is 459 g/mol. The van der Waals surface area contributed by atoms with Crippen molar-refractivity contribution in [3.05, 3.63) is 112 Å². The second-order valence-corrected chi connectivity index (χ2v) is 7.60. The molecular formula is C25H19BrN2O2. The lowest BCUT2D eigenvalue weighted by molar-refractivity contribution is 0.0957. The van der Waals surface area contributed by atoms with Gasteiger partial charge < -0.3 is 4.74 Å². The van der Waals surface area contributed by atoms with Gasteiger partial charge in [-0.05, 0) is 40.6 Å². The van der Waals surface area contributed by atoms with Crippen molar-refractivity contribution in [2.75, 3.05) is 0 Å². The van der Waals surface area contributed by atoms with Crippen LogP contribution in [0.1, 0.15) is 21.5 Å². The van der Waals surface area contributed by atoms with Gasteiger partial charge in [0, 0.05) is 15.6 Å². The minimum absolute atomic E-state index is 0.259. The van der Waals surface area contributed by atoms with Crippen LogP contribution in [-0.4, -0.2) is 12.1 Å².